The molecule has 2 heterocycles. The molecule has 0 aliphatic heterocycles. The quantitative estimate of drug-likeness (QED) is 0.770. The summed E-state index contributed by atoms with van der Waals surface area (Å²) in [4.78, 5) is 20.3. The van der Waals surface area contributed by atoms with E-state index in [2.05, 4.69) is 34.2 Å². The van der Waals surface area contributed by atoms with E-state index in [1.807, 2.05) is 19.1 Å². The average Bonchev–Trinajstić information content (AvgIpc) is 3.00. The van der Waals surface area contributed by atoms with Crippen LogP contribution < -0.4 is 0 Å². The molecule has 0 bridgehead atoms. The van der Waals surface area contributed by atoms with Crippen LogP contribution in [-0.4, -0.2) is 21.0 Å². The number of nitrogens with zero attached hydrogens (tertiary/aromatic N) is 2. The second-order valence-corrected chi connectivity index (χ2v) is 6.32. The predicted molar refractivity (Wildman–Crippen MR) is 90.9 cm³/mol. The molecule has 0 saturated carbocycles. The van der Waals surface area contributed by atoms with Gasteiger partial charge < -0.3 is 5.11 Å². The van der Waals surface area contributed by atoms with Gasteiger partial charge in [0.05, 0.1) is 5.69 Å². The van der Waals surface area contributed by atoms with E-state index >= 15 is 0 Å². The van der Waals surface area contributed by atoms with Crippen molar-refractivity contribution in [1.82, 2.24) is 9.97 Å². The highest BCUT2D eigenvalue weighted by atomic mass is 32.1. The van der Waals surface area contributed by atoms with Gasteiger partial charge in [-0.3, -0.25) is 4.98 Å². The molecule has 1 N–H and O–H groups in total. The van der Waals surface area contributed by atoms with E-state index in [9.17, 15) is 9.90 Å². The Morgan fingerprint density at radius 3 is 2.43 bits per heavy atom. The summed E-state index contributed by atoms with van der Waals surface area (Å²) in [6.07, 6.45) is 4.76. The molecule has 0 atom stereocenters. The van der Waals surface area contributed by atoms with Gasteiger partial charge >= 0.3 is 5.97 Å². The lowest BCUT2D eigenvalue weighted by molar-refractivity contribution is 0.0700. The fourth-order valence-electron chi connectivity index (χ4n) is 2.32. The Morgan fingerprint density at radius 1 is 1.09 bits per heavy atom. The van der Waals surface area contributed by atoms with Gasteiger partial charge in [0.1, 0.15) is 9.88 Å². The summed E-state index contributed by atoms with van der Waals surface area (Å²) in [5, 5.41) is 10.1. The van der Waals surface area contributed by atoms with Crippen LogP contribution >= 0.6 is 11.3 Å². The highest BCUT2D eigenvalue weighted by molar-refractivity contribution is 7.17. The van der Waals surface area contributed by atoms with Crippen molar-refractivity contribution in [2.24, 2.45) is 0 Å². The molecule has 0 aliphatic carbocycles. The van der Waals surface area contributed by atoms with E-state index in [0.29, 0.717) is 17.0 Å². The van der Waals surface area contributed by atoms with Crippen molar-refractivity contribution in [2.75, 3.05) is 0 Å². The van der Waals surface area contributed by atoms with Crippen molar-refractivity contribution in [3.63, 3.8) is 0 Å². The van der Waals surface area contributed by atoms with Gasteiger partial charge in [0.25, 0.3) is 0 Å². The summed E-state index contributed by atoms with van der Waals surface area (Å²) in [5.41, 5.74) is 3.95. The molecule has 5 heteroatoms. The Labute approximate surface area is 138 Å². The zero-order chi connectivity index (χ0) is 16.2. The largest absolute Gasteiger partial charge is 0.477 e. The summed E-state index contributed by atoms with van der Waals surface area (Å²) in [7, 11) is 0. The minimum absolute atomic E-state index is 0.323. The van der Waals surface area contributed by atoms with Crippen LogP contribution in [0.1, 0.15) is 26.5 Å². The van der Waals surface area contributed by atoms with E-state index < -0.39 is 5.97 Å². The van der Waals surface area contributed by atoms with E-state index in [0.717, 1.165) is 17.0 Å². The maximum atomic E-state index is 11.5. The maximum absolute atomic E-state index is 11.5. The zero-order valence-electron chi connectivity index (χ0n) is 12.7. The second kappa shape index (κ2) is 6.71. The summed E-state index contributed by atoms with van der Waals surface area (Å²) in [5.74, 6) is -0.915. The number of rotatable bonds is 5. The number of carboxylic acids is 1. The molecule has 3 aromatic rings. The van der Waals surface area contributed by atoms with Gasteiger partial charge in [-0.15, -0.1) is 11.3 Å². The molecule has 1 aromatic carbocycles. The lowest BCUT2D eigenvalue weighted by Gasteiger charge is -2.01. The summed E-state index contributed by atoms with van der Waals surface area (Å²) in [6, 6.07) is 12.0. The first-order valence-electron chi connectivity index (χ1n) is 7.32. The minimum Gasteiger partial charge on any atom is -0.477 e. The molecule has 0 unspecified atom stereocenters. The zero-order valence-corrected chi connectivity index (χ0v) is 13.5. The number of carbonyl (C=O) groups is 1. The lowest BCUT2D eigenvalue weighted by atomic mass is 10.1. The van der Waals surface area contributed by atoms with Crippen molar-refractivity contribution in [3.8, 4) is 10.6 Å². The summed E-state index contributed by atoms with van der Waals surface area (Å²) < 4.78 is 0. The number of thiazole rings is 1. The molecule has 0 spiro atoms. The standard InChI is InChI=1S/C18H16N2O2S/c1-12-2-4-13(5-3-12)6-7-15-16(18(21)22)23-17(20-15)14-8-10-19-11-9-14/h2-5,8-11H,6-7H2,1H3,(H,21,22). The van der Waals surface area contributed by atoms with Crippen molar-refractivity contribution in [1.29, 1.82) is 0 Å². The van der Waals surface area contributed by atoms with Crippen LogP contribution in [0.5, 0.6) is 0 Å². The third-order valence-electron chi connectivity index (χ3n) is 3.59. The van der Waals surface area contributed by atoms with Gasteiger partial charge in [-0.05, 0) is 37.5 Å². The van der Waals surface area contributed by atoms with Gasteiger partial charge in [0, 0.05) is 18.0 Å². The van der Waals surface area contributed by atoms with Gasteiger partial charge in [-0.25, -0.2) is 9.78 Å². The topological polar surface area (TPSA) is 63.1 Å². The average molecular weight is 324 g/mol. The number of carboxylic acid groups (broad SMARTS) is 1. The molecule has 23 heavy (non-hydrogen) atoms. The van der Waals surface area contributed by atoms with Crippen LogP contribution in [0.2, 0.25) is 0 Å². The highest BCUT2D eigenvalue weighted by Gasteiger charge is 2.18. The molecule has 116 valence electrons. The lowest BCUT2D eigenvalue weighted by Crippen LogP contribution is -2.01. The smallest absolute Gasteiger partial charge is 0.347 e. The van der Waals surface area contributed by atoms with Crippen molar-refractivity contribution in [3.05, 3.63) is 70.5 Å². The maximum Gasteiger partial charge on any atom is 0.347 e. The number of aromatic nitrogens is 2. The van der Waals surface area contributed by atoms with E-state index in [1.54, 1.807) is 12.4 Å². The SMILES string of the molecule is Cc1ccc(CCc2nc(-c3ccncc3)sc2C(=O)O)cc1. The van der Waals surface area contributed by atoms with Gasteiger partial charge in [0.15, 0.2) is 0 Å². The Hall–Kier alpha value is -2.53. The van der Waals surface area contributed by atoms with Gasteiger partial charge in [-0.1, -0.05) is 29.8 Å². The molecule has 0 radical (unpaired) electrons. The highest BCUT2D eigenvalue weighted by Crippen LogP contribution is 2.28. The van der Waals surface area contributed by atoms with Gasteiger partial charge in [-0.2, -0.15) is 0 Å². The van der Waals surface area contributed by atoms with Crippen LogP contribution in [0.4, 0.5) is 0 Å². The number of aryl methyl sites for hydroxylation is 3. The Morgan fingerprint density at radius 2 is 1.78 bits per heavy atom. The molecular formula is C18H16N2O2S. The second-order valence-electron chi connectivity index (χ2n) is 5.32. The number of aromatic carboxylic acids is 1. The molecule has 4 nitrogen and oxygen atoms in total. The number of pyridine rings is 1. The third-order valence-corrected chi connectivity index (χ3v) is 4.72. The monoisotopic (exact) mass is 324 g/mol. The molecule has 0 saturated heterocycles. The molecule has 2 aromatic heterocycles. The van der Waals surface area contributed by atoms with Crippen LogP contribution in [-0.2, 0) is 12.8 Å². The fourth-order valence-corrected chi connectivity index (χ4v) is 3.28. The normalized spacial score (nSPS) is 10.7. The van der Waals surface area contributed by atoms with Crippen LogP contribution in [0, 0.1) is 6.92 Å². The molecule has 3 rings (SSSR count). The predicted octanol–water partition coefficient (Wildman–Crippen LogP) is 4.00. The van der Waals surface area contributed by atoms with Crippen LogP contribution in [0.25, 0.3) is 10.6 Å². The number of hydrogen-bond acceptors (Lipinski definition) is 4. The first-order chi connectivity index (χ1) is 11.1. The Balaban J connectivity index is 1.84. The Kier molecular flexibility index (Phi) is 4.48. The fraction of sp³-hybridized carbons (Fsp3) is 0.167. The van der Waals surface area contributed by atoms with Crippen molar-refractivity contribution in [2.45, 2.75) is 19.8 Å². The van der Waals surface area contributed by atoms with Crippen molar-refractivity contribution < 1.29 is 9.90 Å². The minimum atomic E-state index is -0.915. The molecular weight excluding hydrogens is 308 g/mol. The number of benzene rings is 1. The van der Waals surface area contributed by atoms with E-state index in [1.165, 1.54) is 22.5 Å². The molecule has 0 aliphatic rings. The number of hydrogen-bond donors (Lipinski definition) is 1. The van der Waals surface area contributed by atoms with E-state index in [4.69, 9.17) is 0 Å². The van der Waals surface area contributed by atoms with Crippen molar-refractivity contribution >= 4 is 17.3 Å². The molecule has 0 fully saturated rings. The van der Waals surface area contributed by atoms with Crippen LogP contribution in [0.15, 0.2) is 48.8 Å². The summed E-state index contributed by atoms with van der Waals surface area (Å²) >= 11 is 1.22. The summed E-state index contributed by atoms with van der Waals surface area (Å²) in [6.45, 7) is 2.05. The first kappa shape index (κ1) is 15.4. The van der Waals surface area contributed by atoms with E-state index in [-0.39, 0.29) is 0 Å². The van der Waals surface area contributed by atoms with Crippen LogP contribution in [0.3, 0.4) is 0 Å². The van der Waals surface area contributed by atoms with Gasteiger partial charge in [0.2, 0.25) is 0 Å². The first-order valence-corrected chi connectivity index (χ1v) is 8.14. The Bertz CT molecular complexity index is 811. The molecule has 0 amide bonds. The third kappa shape index (κ3) is 3.63.